The van der Waals surface area contributed by atoms with E-state index in [1.807, 2.05) is 104 Å². The number of ether oxygens (including phenoxy) is 1. The second-order valence-corrected chi connectivity index (χ2v) is 12.1. The first-order valence-corrected chi connectivity index (χ1v) is 16.1. The molecule has 1 fully saturated rings. The van der Waals surface area contributed by atoms with E-state index in [2.05, 4.69) is 17.4 Å². The summed E-state index contributed by atoms with van der Waals surface area (Å²) in [7, 11) is 0. The first-order valence-electron chi connectivity index (χ1n) is 15.2. The van der Waals surface area contributed by atoms with Crippen LogP contribution in [0.3, 0.4) is 0 Å². The molecular formula is C36H38N4O4S. The lowest BCUT2D eigenvalue weighted by atomic mass is 10.0. The van der Waals surface area contributed by atoms with Crippen LogP contribution in [0.25, 0.3) is 10.8 Å². The molecule has 45 heavy (non-hydrogen) atoms. The van der Waals surface area contributed by atoms with Gasteiger partial charge in [0.1, 0.15) is 11.9 Å². The zero-order valence-corrected chi connectivity index (χ0v) is 26.4. The highest BCUT2D eigenvalue weighted by Gasteiger charge is 2.32. The molecule has 0 bridgehead atoms. The van der Waals surface area contributed by atoms with Gasteiger partial charge in [0, 0.05) is 25.7 Å². The Kier molecular flexibility index (Phi) is 10.9. The summed E-state index contributed by atoms with van der Waals surface area (Å²) < 4.78 is 5.39. The number of carbonyl (C=O) groups excluding carboxylic acids is 3. The van der Waals surface area contributed by atoms with Crippen LogP contribution < -0.4 is 5.32 Å². The Labute approximate surface area is 268 Å². The van der Waals surface area contributed by atoms with Gasteiger partial charge in [-0.1, -0.05) is 96.7 Å². The van der Waals surface area contributed by atoms with E-state index in [1.54, 1.807) is 4.90 Å². The second-order valence-electron chi connectivity index (χ2n) is 11.0. The average molecular weight is 623 g/mol. The molecule has 0 saturated carbocycles. The highest BCUT2D eigenvalue weighted by Crippen LogP contribution is 2.36. The van der Waals surface area contributed by atoms with Crippen molar-refractivity contribution in [1.29, 1.82) is 0 Å². The van der Waals surface area contributed by atoms with Crippen molar-refractivity contribution in [3.8, 4) is 0 Å². The molecule has 1 atom stereocenters. The number of piperidine rings is 1. The molecule has 1 unspecified atom stereocenters. The third kappa shape index (κ3) is 8.30. The van der Waals surface area contributed by atoms with Crippen molar-refractivity contribution in [3.63, 3.8) is 0 Å². The van der Waals surface area contributed by atoms with E-state index >= 15 is 0 Å². The zero-order chi connectivity index (χ0) is 31.6. The van der Waals surface area contributed by atoms with Gasteiger partial charge in [-0.05, 0) is 66.3 Å². The summed E-state index contributed by atoms with van der Waals surface area (Å²) in [6.45, 7) is 5.49. The van der Waals surface area contributed by atoms with Crippen LogP contribution in [-0.4, -0.2) is 59.1 Å². The number of hydrogen-bond acceptors (Lipinski definition) is 6. The van der Waals surface area contributed by atoms with Crippen LogP contribution in [0, 0.1) is 6.92 Å². The lowest BCUT2D eigenvalue weighted by Crippen LogP contribution is -2.47. The number of nitrogens with zero attached hydrogens (tertiary/aromatic N) is 3. The Bertz CT molecular complexity index is 1640. The van der Waals surface area contributed by atoms with Gasteiger partial charge in [-0.15, -0.1) is 0 Å². The Morgan fingerprint density at radius 3 is 2.24 bits per heavy atom. The van der Waals surface area contributed by atoms with Crippen molar-refractivity contribution in [2.45, 2.75) is 44.6 Å². The van der Waals surface area contributed by atoms with Gasteiger partial charge in [-0.3, -0.25) is 14.5 Å². The molecule has 1 aliphatic heterocycles. The molecule has 9 heteroatoms. The van der Waals surface area contributed by atoms with E-state index in [0.717, 1.165) is 39.6 Å². The minimum Gasteiger partial charge on any atom is -0.445 e. The van der Waals surface area contributed by atoms with E-state index in [0.29, 0.717) is 37.6 Å². The quantitative estimate of drug-likeness (QED) is 0.123. The molecule has 3 amide bonds. The number of aliphatic imine (C=N–C) groups is 1. The number of nitrogens with one attached hydrogen (secondary N) is 1. The molecule has 5 rings (SSSR count). The summed E-state index contributed by atoms with van der Waals surface area (Å²) in [5.41, 5.74) is 3.49. The number of benzene rings is 4. The van der Waals surface area contributed by atoms with Gasteiger partial charge in [-0.25, -0.2) is 9.79 Å². The van der Waals surface area contributed by atoms with Crippen LogP contribution >= 0.6 is 11.8 Å². The monoisotopic (exact) mass is 622 g/mol. The minimum atomic E-state index is -0.611. The Morgan fingerprint density at radius 2 is 1.60 bits per heavy atom. The maximum atomic E-state index is 14.1. The van der Waals surface area contributed by atoms with E-state index in [4.69, 9.17) is 9.73 Å². The molecule has 8 nitrogen and oxygen atoms in total. The van der Waals surface area contributed by atoms with Crippen molar-refractivity contribution >= 4 is 51.8 Å². The van der Waals surface area contributed by atoms with Gasteiger partial charge in [0.15, 0.2) is 5.17 Å². The molecule has 1 saturated heterocycles. The van der Waals surface area contributed by atoms with Crippen molar-refractivity contribution in [2.24, 2.45) is 4.99 Å². The molecule has 4 aromatic carbocycles. The molecular weight excluding hydrogens is 584 g/mol. The van der Waals surface area contributed by atoms with E-state index in [-0.39, 0.29) is 18.6 Å². The number of amides is 3. The second kappa shape index (κ2) is 15.4. The van der Waals surface area contributed by atoms with Gasteiger partial charge in [0.25, 0.3) is 0 Å². The first kappa shape index (κ1) is 31.8. The molecule has 232 valence electrons. The third-order valence-electron chi connectivity index (χ3n) is 7.89. The molecule has 4 aromatic rings. The van der Waals surface area contributed by atoms with Crippen LogP contribution in [-0.2, 0) is 20.9 Å². The molecule has 0 aliphatic carbocycles. The Hall–Kier alpha value is -4.63. The van der Waals surface area contributed by atoms with Crippen molar-refractivity contribution < 1.29 is 19.1 Å². The van der Waals surface area contributed by atoms with Gasteiger partial charge < -0.3 is 15.0 Å². The van der Waals surface area contributed by atoms with Gasteiger partial charge >= 0.3 is 6.09 Å². The smallest absolute Gasteiger partial charge is 0.407 e. The van der Waals surface area contributed by atoms with Crippen LogP contribution in [0.2, 0.25) is 0 Å². The van der Waals surface area contributed by atoms with E-state index in [9.17, 15) is 14.4 Å². The maximum absolute atomic E-state index is 14.1. The lowest BCUT2D eigenvalue weighted by molar-refractivity contribution is -0.131. The summed E-state index contributed by atoms with van der Waals surface area (Å²) >= 11 is 1.29. The number of thioether (sulfide) groups is 1. The topological polar surface area (TPSA) is 91.3 Å². The predicted molar refractivity (Wildman–Crippen MR) is 180 cm³/mol. The molecule has 0 radical (unpaired) electrons. The number of alkyl carbamates (subject to hydrolysis) is 1. The van der Waals surface area contributed by atoms with Crippen molar-refractivity contribution in [1.82, 2.24) is 15.1 Å². The van der Waals surface area contributed by atoms with Gasteiger partial charge in [0.2, 0.25) is 12.3 Å². The van der Waals surface area contributed by atoms with Crippen molar-refractivity contribution in [2.75, 3.05) is 19.6 Å². The fourth-order valence-corrected chi connectivity index (χ4v) is 6.53. The molecule has 1 aliphatic rings. The van der Waals surface area contributed by atoms with Crippen LogP contribution in [0.15, 0.2) is 102 Å². The highest BCUT2D eigenvalue weighted by molar-refractivity contribution is 8.14. The number of hydrogen-bond donors (Lipinski definition) is 1. The van der Waals surface area contributed by atoms with Gasteiger partial charge in [-0.2, -0.15) is 0 Å². The Morgan fingerprint density at radius 1 is 0.978 bits per heavy atom. The lowest BCUT2D eigenvalue weighted by Gasteiger charge is -2.34. The summed E-state index contributed by atoms with van der Waals surface area (Å²) in [6.07, 6.45) is 1.54. The number of carbonyl (C=O) groups is 3. The minimum absolute atomic E-state index is 0.0545. The molecule has 1 heterocycles. The highest BCUT2D eigenvalue weighted by atomic mass is 32.2. The number of likely N-dealkylation sites (tertiary alicyclic amines) is 1. The maximum Gasteiger partial charge on any atom is 0.407 e. The van der Waals surface area contributed by atoms with E-state index < -0.39 is 11.3 Å². The van der Waals surface area contributed by atoms with Crippen LogP contribution in [0.1, 0.15) is 41.7 Å². The van der Waals surface area contributed by atoms with Crippen molar-refractivity contribution in [3.05, 3.63) is 114 Å². The number of aryl methyl sites for hydroxylation is 1. The zero-order valence-electron chi connectivity index (χ0n) is 25.6. The fourth-order valence-electron chi connectivity index (χ4n) is 5.31. The number of rotatable bonds is 9. The van der Waals surface area contributed by atoms with Crippen LogP contribution in [0.4, 0.5) is 10.5 Å². The van der Waals surface area contributed by atoms with E-state index in [1.165, 1.54) is 11.8 Å². The largest absolute Gasteiger partial charge is 0.445 e. The Balaban J connectivity index is 1.31. The summed E-state index contributed by atoms with van der Waals surface area (Å²) in [5.74, 6) is -0.0545. The number of amidine groups is 1. The predicted octanol–water partition coefficient (Wildman–Crippen LogP) is 7.01. The fraction of sp³-hybridized carbons (Fsp3) is 0.278. The molecule has 0 aromatic heterocycles. The summed E-state index contributed by atoms with van der Waals surface area (Å²) in [6, 6.07) is 31.3. The standard InChI is InChI=1S/C36H38N4O4S/c1-3-39(25-41)35(38-32-23-30-17-11-10-16-29(30)22-26(32)2)45-33(28-14-8-5-9-15-28)34(42)40-20-18-31(19-21-40)37-36(43)44-24-27-12-6-4-7-13-27/h4-17,22-23,25,31,33H,3,18-21,24H2,1-2H3,(H,37,43). The normalized spacial score (nSPS) is 14.5. The average Bonchev–Trinajstić information content (AvgIpc) is 3.08. The SMILES string of the molecule is CCN(C=O)C(=Nc1cc2ccccc2cc1C)SC(C(=O)N1CCC(NC(=O)OCc2ccccc2)CC1)c1ccccc1. The van der Waals surface area contributed by atoms with Gasteiger partial charge in [0.05, 0.1) is 5.69 Å². The third-order valence-corrected chi connectivity index (χ3v) is 9.13. The molecule has 1 N–H and O–H groups in total. The molecule has 0 spiro atoms. The van der Waals surface area contributed by atoms with Crippen LogP contribution in [0.5, 0.6) is 0 Å². The summed E-state index contributed by atoms with van der Waals surface area (Å²) in [5, 5.41) is 4.97. The summed E-state index contributed by atoms with van der Waals surface area (Å²) in [4.78, 5) is 47.1. The number of fused-ring (bicyclic) bond motifs is 1. The first-order chi connectivity index (χ1) is 21.9.